The van der Waals surface area contributed by atoms with Crippen LogP contribution in [0.1, 0.15) is 60.9 Å². The van der Waals surface area contributed by atoms with Gasteiger partial charge in [-0.05, 0) is 74.7 Å². The maximum atomic E-state index is 13.1. The zero-order valence-electron chi connectivity index (χ0n) is 18.4. The zero-order valence-corrected chi connectivity index (χ0v) is 18.4. The van der Waals surface area contributed by atoms with Crippen LogP contribution in [0.4, 0.5) is 10.1 Å². The van der Waals surface area contributed by atoms with Crippen LogP contribution in [0, 0.1) is 11.7 Å². The standard InChI is InChI=1S/C25H31FN4O2/c26-21-8-6-19(7-9-21)24(31)29-23-14-18(15-27-16-23)17-30-12-10-20(11-13-30)25(32)28-22-4-2-1-3-5-22/h6-9,14-16,20,22H,1-5,10-13,17H2,(H,28,32)(H,29,31). The quantitative estimate of drug-likeness (QED) is 0.711. The second-order valence-electron chi connectivity index (χ2n) is 8.94. The summed E-state index contributed by atoms with van der Waals surface area (Å²) in [7, 11) is 0. The molecule has 6 nitrogen and oxygen atoms in total. The smallest absolute Gasteiger partial charge is 0.255 e. The molecule has 0 bridgehead atoms. The molecule has 1 aliphatic heterocycles. The summed E-state index contributed by atoms with van der Waals surface area (Å²) in [6.45, 7) is 2.47. The van der Waals surface area contributed by atoms with Gasteiger partial charge < -0.3 is 10.6 Å². The third-order valence-corrected chi connectivity index (χ3v) is 6.48. The molecule has 2 heterocycles. The van der Waals surface area contributed by atoms with Crippen LogP contribution in [-0.2, 0) is 11.3 Å². The van der Waals surface area contributed by atoms with Crippen LogP contribution in [0.5, 0.6) is 0 Å². The fraction of sp³-hybridized carbons (Fsp3) is 0.480. The van der Waals surface area contributed by atoms with Gasteiger partial charge in [-0.2, -0.15) is 0 Å². The van der Waals surface area contributed by atoms with E-state index in [1.807, 2.05) is 6.07 Å². The van der Waals surface area contributed by atoms with Crippen LogP contribution in [-0.4, -0.2) is 40.8 Å². The Bertz CT molecular complexity index is 920. The number of pyridine rings is 1. The highest BCUT2D eigenvalue weighted by Gasteiger charge is 2.27. The first kappa shape index (κ1) is 22.4. The number of anilines is 1. The molecule has 0 unspecified atom stereocenters. The van der Waals surface area contributed by atoms with Gasteiger partial charge >= 0.3 is 0 Å². The van der Waals surface area contributed by atoms with Crippen molar-refractivity contribution in [2.75, 3.05) is 18.4 Å². The number of halogens is 1. The topological polar surface area (TPSA) is 74.3 Å². The van der Waals surface area contributed by atoms with Crippen LogP contribution in [0.3, 0.4) is 0 Å². The SMILES string of the molecule is O=C(Nc1cncc(CN2CCC(C(=O)NC3CCCCC3)CC2)c1)c1ccc(F)cc1. The zero-order chi connectivity index (χ0) is 22.3. The van der Waals surface area contributed by atoms with Crippen molar-refractivity contribution >= 4 is 17.5 Å². The number of aromatic nitrogens is 1. The molecule has 0 spiro atoms. The second kappa shape index (κ2) is 10.7. The Morgan fingerprint density at radius 1 is 1.00 bits per heavy atom. The molecule has 2 amide bonds. The van der Waals surface area contributed by atoms with E-state index < -0.39 is 0 Å². The minimum Gasteiger partial charge on any atom is -0.353 e. The molecule has 32 heavy (non-hydrogen) atoms. The van der Waals surface area contributed by atoms with Crippen LogP contribution in [0.15, 0.2) is 42.7 Å². The van der Waals surface area contributed by atoms with Gasteiger partial charge in [0.15, 0.2) is 0 Å². The Morgan fingerprint density at radius 3 is 2.44 bits per heavy atom. The lowest BCUT2D eigenvalue weighted by molar-refractivity contribution is -0.127. The first-order valence-corrected chi connectivity index (χ1v) is 11.6. The third-order valence-electron chi connectivity index (χ3n) is 6.48. The van der Waals surface area contributed by atoms with E-state index in [0.29, 0.717) is 17.3 Å². The molecule has 1 aromatic carbocycles. The molecule has 0 atom stereocenters. The number of nitrogens with one attached hydrogen (secondary N) is 2. The number of hydrogen-bond acceptors (Lipinski definition) is 4. The number of hydrogen-bond donors (Lipinski definition) is 2. The predicted octanol–water partition coefficient (Wildman–Crippen LogP) is 4.13. The minimum atomic E-state index is -0.375. The van der Waals surface area contributed by atoms with Crippen molar-refractivity contribution in [1.82, 2.24) is 15.2 Å². The van der Waals surface area contributed by atoms with E-state index >= 15 is 0 Å². The predicted molar refractivity (Wildman–Crippen MR) is 122 cm³/mol. The van der Waals surface area contributed by atoms with Gasteiger partial charge in [-0.15, -0.1) is 0 Å². The van der Waals surface area contributed by atoms with Crippen LogP contribution >= 0.6 is 0 Å². The van der Waals surface area contributed by atoms with Gasteiger partial charge in [0.1, 0.15) is 5.82 Å². The van der Waals surface area contributed by atoms with E-state index in [2.05, 4.69) is 20.5 Å². The summed E-state index contributed by atoms with van der Waals surface area (Å²) >= 11 is 0. The van der Waals surface area contributed by atoms with Crippen LogP contribution in [0.2, 0.25) is 0 Å². The van der Waals surface area contributed by atoms with Crippen LogP contribution < -0.4 is 10.6 Å². The third kappa shape index (κ3) is 6.13. The van der Waals surface area contributed by atoms with Gasteiger partial charge in [-0.1, -0.05) is 19.3 Å². The summed E-state index contributed by atoms with van der Waals surface area (Å²) in [5.41, 5.74) is 2.01. The molecule has 1 aromatic heterocycles. The molecular formula is C25H31FN4O2. The number of piperidine rings is 1. The second-order valence-corrected chi connectivity index (χ2v) is 8.94. The van der Waals surface area contributed by atoms with E-state index in [9.17, 15) is 14.0 Å². The van der Waals surface area contributed by atoms with Crippen molar-refractivity contribution in [2.45, 2.75) is 57.5 Å². The highest BCUT2D eigenvalue weighted by Crippen LogP contribution is 2.22. The summed E-state index contributed by atoms with van der Waals surface area (Å²) in [5.74, 6) is -0.342. The van der Waals surface area contributed by atoms with Crippen molar-refractivity contribution in [3.8, 4) is 0 Å². The number of carbonyl (C=O) groups is 2. The molecule has 2 aromatic rings. The van der Waals surface area contributed by atoms with Gasteiger partial charge in [0, 0.05) is 30.3 Å². The van der Waals surface area contributed by atoms with E-state index in [0.717, 1.165) is 50.9 Å². The van der Waals surface area contributed by atoms with Crippen molar-refractivity contribution < 1.29 is 14.0 Å². The molecule has 1 saturated carbocycles. The number of rotatable bonds is 6. The summed E-state index contributed by atoms with van der Waals surface area (Å²) < 4.78 is 13.1. The number of likely N-dealkylation sites (tertiary alicyclic amines) is 1. The highest BCUT2D eigenvalue weighted by molar-refractivity contribution is 6.04. The first-order valence-electron chi connectivity index (χ1n) is 11.6. The summed E-state index contributed by atoms with van der Waals surface area (Å²) in [6, 6.07) is 7.72. The van der Waals surface area contributed by atoms with Gasteiger partial charge in [0.05, 0.1) is 11.9 Å². The van der Waals surface area contributed by atoms with Gasteiger partial charge in [-0.3, -0.25) is 19.5 Å². The monoisotopic (exact) mass is 438 g/mol. The van der Waals surface area contributed by atoms with Crippen molar-refractivity contribution in [2.24, 2.45) is 5.92 Å². The van der Waals surface area contributed by atoms with Gasteiger partial charge in [-0.25, -0.2) is 4.39 Å². The van der Waals surface area contributed by atoms with Crippen molar-refractivity contribution in [3.05, 3.63) is 59.7 Å². The van der Waals surface area contributed by atoms with E-state index in [-0.39, 0.29) is 23.5 Å². The maximum Gasteiger partial charge on any atom is 0.255 e. The molecule has 2 N–H and O–H groups in total. The molecule has 2 aliphatic rings. The van der Waals surface area contributed by atoms with Crippen molar-refractivity contribution in [3.63, 3.8) is 0 Å². The molecule has 170 valence electrons. The largest absolute Gasteiger partial charge is 0.353 e. The molecule has 0 radical (unpaired) electrons. The van der Waals surface area contributed by atoms with E-state index in [1.54, 1.807) is 12.4 Å². The highest BCUT2D eigenvalue weighted by atomic mass is 19.1. The Balaban J connectivity index is 1.25. The summed E-state index contributed by atoms with van der Waals surface area (Å²) in [4.78, 5) is 31.6. The van der Waals surface area contributed by atoms with E-state index in [1.165, 1.54) is 43.5 Å². The lowest BCUT2D eigenvalue weighted by Gasteiger charge is -2.32. The van der Waals surface area contributed by atoms with Crippen LogP contribution in [0.25, 0.3) is 0 Å². The van der Waals surface area contributed by atoms with Gasteiger partial charge in [0.25, 0.3) is 5.91 Å². The fourth-order valence-corrected chi connectivity index (χ4v) is 4.62. The molecule has 4 rings (SSSR count). The lowest BCUT2D eigenvalue weighted by Crippen LogP contribution is -2.44. The first-order chi connectivity index (χ1) is 15.6. The van der Waals surface area contributed by atoms with Crippen molar-refractivity contribution in [1.29, 1.82) is 0 Å². The Morgan fingerprint density at radius 2 is 1.72 bits per heavy atom. The Kier molecular flexibility index (Phi) is 7.47. The number of amides is 2. The maximum absolute atomic E-state index is 13.1. The normalized spacial score (nSPS) is 18.3. The summed E-state index contributed by atoms with van der Waals surface area (Å²) in [6.07, 6.45) is 11.1. The minimum absolute atomic E-state index is 0.104. The Hall–Kier alpha value is -2.80. The average molecular weight is 439 g/mol. The number of carbonyl (C=O) groups excluding carboxylic acids is 2. The average Bonchev–Trinajstić information content (AvgIpc) is 2.81. The Labute approximate surface area is 188 Å². The van der Waals surface area contributed by atoms with E-state index in [4.69, 9.17) is 0 Å². The molecular weight excluding hydrogens is 407 g/mol. The molecule has 1 saturated heterocycles. The van der Waals surface area contributed by atoms with Gasteiger partial charge in [0.2, 0.25) is 5.91 Å². The number of nitrogens with zero attached hydrogens (tertiary/aromatic N) is 2. The lowest BCUT2D eigenvalue weighted by atomic mass is 9.92. The summed E-state index contributed by atoms with van der Waals surface area (Å²) in [5, 5.41) is 6.09. The molecule has 2 fully saturated rings. The molecule has 7 heteroatoms. The molecule has 1 aliphatic carbocycles. The number of benzene rings is 1. The fourth-order valence-electron chi connectivity index (χ4n) is 4.62.